The number of amides is 1. The lowest BCUT2D eigenvalue weighted by Crippen LogP contribution is -2.31. The van der Waals surface area contributed by atoms with E-state index in [0.29, 0.717) is 5.56 Å². The molecule has 8 nitrogen and oxygen atoms in total. The number of Topliss-reactive ketones (excluding diaryl/α,β-unsaturated/α-hetero) is 1. The fraction of sp³-hybridized carbons (Fsp3) is 0.167. The second-order valence-corrected chi connectivity index (χ2v) is 5.83. The normalized spacial score (nSPS) is 16.9. The molecule has 0 saturated heterocycles. The van der Waals surface area contributed by atoms with Crippen LogP contribution in [0.2, 0.25) is 0 Å². The van der Waals surface area contributed by atoms with Crippen molar-refractivity contribution in [1.82, 2.24) is 9.88 Å². The van der Waals surface area contributed by atoms with Gasteiger partial charge < -0.3 is 10.0 Å². The minimum Gasteiger partial charge on any atom is -0.503 e. The van der Waals surface area contributed by atoms with Gasteiger partial charge in [-0.15, -0.1) is 0 Å². The summed E-state index contributed by atoms with van der Waals surface area (Å²) >= 11 is 0. The smallest absolute Gasteiger partial charge is 0.290 e. The molecular weight excluding hydrogens is 338 g/mol. The van der Waals surface area contributed by atoms with Gasteiger partial charge in [-0.2, -0.15) is 0 Å². The van der Waals surface area contributed by atoms with Gasteiger partial charge in [0.1, 0.15) is 0 Å². The zero-order valence-corrected chi connectivity index (χ0v) is 13.8. The molecule has 1 unspecified atom stereocenters. The molecule has 1 aromatic heterocycles. The average molecular weight is 353 g/mol. The largest absolute Gasteiger partial charge is 0.503 e. The molecule has 1 amide bonds. The molecule has 1 N–H and O–H groups in total. The molecule has 1 atom stereocenters. The van der Waals surface area contributed by atoms with Crippen LogP contribution in [0.15, 0.2) is 60.1 Å². The number of nitrogens with zero attached hydrogens (tertiary/aromatic N) is 3. The molecule has 2 heterocycles. The Morgan fingerprint density at radius 3 is 2.65 bits per heavy atom. The Labute approximate surface area is 148 Å². The topological polar surface area (TPSA) is 114 Å². The molecule has 3 rings (SSSR count). The Balaban J connectivity index is 2.14. The number of ketones is 1. The average Bonchev–Trinajstić information content (AvgIpc) is 2.87. The van der Waals surface area contributed by atoms with E-state index < -0.39 is 28.4 Å². The number of nitro benzene ring substituents is 1. The predicted molar refractivity (Wildman–Crippen MR) is 91.0 cm³/mol. The quantitative estimate of drug-likeness (QED) is 0.652. The molecule has 0 spiro atoms. The summed E-state index contributed by atoms with van der Waals surface area (Å²) in [5.41, 5.74) is 0.467. The summed E-state index contributed by atoms with van der Waals surface area (Å²) in [7, 11) is 0. The van der Waals surface area contributed by atoms with Crippen molar-refractivity contribution in [2.75, 3.05) is 0 Å². The van der Waals surface area contributed by atoms with E-state index in [0.717, 1.165) is 0 Å². The highest BCUT2D eigenvalue weighted by Crippen LogP contribution is 2.41. The lowest BCUT2D eigenvalue weighted by atomic mass is 9.95. The third kappa shape index (κ3) is 2.92. The number of aromatic nitrogens is 1. The molecule has 0 bridgehead atoms. The number of hydrogen-bond donors (Lipinski definition) is 1. The van der Waals surface area contributed by atoms with Crippen LogP contribution in [0.5, 0.6) is 0 Å². The highest BCUT2D eigenvalue weighted by Gasteiger charge is 2.44. The molecule has 26 heavy (non-hydrogen) atoms. The van der Waals surface area contributed by atoms with Gasteiger partial charge in [-0.25, -0.2) is 0 Å². The van der Waals surface area contributed by atoms with E-state index in [1.54, 1.807) is 30.6 Å². The zero-order chi connectivity index (χ0) is 18.8. The molecule has 1 aliphatic rings. The fourth-order valence-electron chi connectivity index (χ4n) is 3.07. The van der Waals surface area contributed by atoms with E-state index in [2.05, 4.69) is 4.98 Å². The van der Waals surface area contributed by atoms with Crippen molar-refractivity contribution in [3.05, 3.63) is 81.4 Å². The molecule has 0 saturated carbocycles. The third-order valence-electron chi connectivity index (χ3n) is 4.19. The molecule has 1 aliphatic heterocycles. The maximum Gasteiger partial charge on any atom is 0.290 e. The van der Waals surface area contributed by atoms with Crippen LogP contribution in [0.3, 0.4) is 0 Å². The third-order valence-corrected chi connectivity index (χ3v) is 4.19. The van der Waals surface area contributed by atoms with Gasteiger partial charge in [0.25, 0.3) is 11.6 Å². The Bertz CT molecular complexity index is 923. The van der Waals surface area contributed by atoms with Gasteiger partial charge in [0.2, 0.25) is 0 Å². The van der Waals surface area contributed by atoms with Crippen LogP contribution in [0.4, 0.5) is 5.69 Å². The first-order chi connectivity index (χ1) is 12.4. The number of aliphatic hydroxyl groups excluding tert-OH is 1. The zero-order valence-electron chi connectivity index (χ0n) is 13.8. The van der Waals surface area contributed by atoms with Gasteiger partial charge in [-0.05, 0) is 24.6 Å². The van der Waals surface area contributed by atoms with E-state index in [1.807, 2.05) is 0 Å². The minimum atomic E-state index is -1.04. The Kier molecular flexibility index (Phi) is 4.49. The summed E-state index contributed by atoms with van der Waals surface area (Å²) in [6.07, 6.45) is 3.12. The van der Waals surface area contributed by atoms with E-state index in [4.69, 9.17) is 0 Å². The van der Waals surface area contributed by atoms with Crippen molar-refractivity contribution in [2.24, 2.45) is 0 Å². The molecule has 0 aliphatic carbocycles. The standard InChI is InChI=1S/C18H15N3O5/c1-11(22)15-16(13-6-2-3-7-14(13)21(25)26)20(18(24)17(15)23)10-12-5-4-8-19-9-12/h2-9,16,23H,10H2,1H3. The van der Waals surface area contributed by atoms with Gasteiger partial charge in [0, 0.05) is 25.0 Å². The number of pyridine rings is 1. The van der Waals surface area contributed by atoms with E-state index >= 15 is 0 Å². The number of benzene rings is 1. The number of nitro groups is 1. The number of aliphatic hydroxyl groups is 1. The number of carbonyl (C=O) groups excluding carboxylic acids is 2. The predicted octanol–water partition coefficient (Wildman–Crippen LogP) is 2.47. The van der Waals surface area contributed by atoms with Crippen molar-refractivity contribution >= 4 is 17.4 Å². The van der Waals surface area contributed by atoms with Gasteiger partial charge in [0.05, 0.1) is 22.1 Å². The Morgan fingerprint density at radius 1 is 1.31 bits per heavy atom. The molecular formula is C18H15N3O5. The maximum atomic E-state index is 12.6. The number of carbonyl (C=O) groups is 2. The van der Waals surface area contributed by atoms with Crippen molar-refractivity contribution in [3.8, 4) is 0 Å². The SMILES string of the molecule is CC(=O)C1=C(O)C(=O)N(Cc2cccnc2)C1c1ccccc1[N+](=O)[O-]. The highest BCUT2D eigenvalue weighted by atomic mass is 16.6. The second-order valence-electron chi connectivity index (χ2n) is 5.83. The van der Waals surface area contributed by atoms with E-state index in [9.17, 15) is 24.8 Å². The van der Waals surface area contributed by atoms with E-state index in [1.165, 1.54) is 30.0 Å². The Morgan fingerprint density at radius 2 is 2.04 bits per heavy atom. The summed E-state index contributed by atoms with van der Waals surface area (Å²) in [6, 6.07) is 8.25. The van der Waals surface area contributed by atoms with Crippen LogP contribution < -0.4 is 0 Å². The first kappa shape index (κ1) is 17.3. The van der Waals surface area contributed by atoms with Crippen LogP contribution in [0, 0.1) is 10.1 Å². The van der Waals surface area contributed by atoms with Crippen LogP contribution in [-0.4, -0.2) is 31.6 Å². The lowest BCUT2D eigenvalue weighted by molar-refractivity contribution is -0.385. The van der Waals surface area contributed by atoms with Crippen LogP contribution >= 0.6 is 0 Å². The second kappa shape index (κ2) is 6.75. The van der Waals surface area contributed by atoms with Crippen LogP contribution in [0.25, 0.3) is 0 Å². The summed E-state index contributed by atoms with van der Waals surface area (Å²) < 4.78 is 0. The number of para-hydroxylation sites is 1. The fourth-order valence-corrected chi connectivity index (χ4v) is 3.07. The van der Waals surface area contributed by atoms with Gasteiger partial charge in [-0.1, -0.05) is 18.2 Å². The summed E-state index contributed by atoms with van der Waals surface area (Å²) in [4.78, 5) is 40.7. The molecule has 2 aromatic rings. The van der Waals surface area contributed by atoms with Crippen LogP contribution in [-0.2, 0) is 16.1 Å². The lowest BCUT2D eigenvalue weighted by Gasteiger charge is -2.26. The van der Waals surface area contributed by atoms with Crippen molar-refractivity contribution in [2.45, 2.75) is 19.5 Å². The Hall–Kier alpha value is -3.55. The van der Waals surface area contributed by atoms with Crippen molar-refractivity contribution in [3.63, 3.8) is 0 Å². The van der Waals surface area contributed by atoms with Gasteiger partial charge >= 0.3 is 0 Å². The monoisotopic (exact) mass is 353 g/mol. The first-order valence-electron chi connectivity index (χ1n) is 7.79. The molecule has 132 valence electrons. The maximum absolute atomic E-state index is 12.6. The molecule has 0 radical (unpaired) electrons. The van der Waals surface area contributed by atoms with Crippen molar-refractivity contribution < 1.29 is 19.6 Å². The first-order valence-corrected chi connectivity index (χ1v) is 7.79. The summed E-state index contributed by atoms with van der Waals surface area (Å²) in [5, 5.41) is 21.6. The van der Waals surface area contributed by atoms with E-state index in [-0.39, 0.29) is 23.4 Å². The molecule has 1 aromatic carbocycles. The number of rotatable bonds is 5. The minimum absolute atomic E-state index is 0.0459. The summed E-state index contributed by atoms with van der Waals surface area (Å²) in [5.74, 6) is -1.94. The highest BCUT2D eigenvalue weighted by molar-refractivity contribution is 6.08. The molecule has 0 fully saturated rings. The molecule has 8 heteroatoms. The van der Waals surface area contributed by atoms with Gasteiger partial charge in [0.15, 0.2) is 11.5 Å². The van der Waals surface area contributed by atoms with Gasteiger partial charge in [-0.3, -0.25) is 24.7 Å². The van der Waals surface area contributed by atoms with Crippen molar-refractivity contribution in [1.29, 1.82) is 0 Å². The summed E-state index contributed by atoms with van der Waals surface area (Å²) in [6.45, 7) is 1.26. The number of hydrogen-bond acceptors (Lipinski definition) is 6. The van der Waals surface area contributed by atoms with Crippen LogP contribution in [0.1, 0.15) is 24.1 Å².